The van der Waals surface area contributed by atoms with Gasteiger partial charge >= 0.3 is 0 Å². The third-order valence-electron chi connectivity index (χ3n) is 5.21. The molecule has 1 amide bonds. The first-order valence-corrected chi connectivity index (χ1v) is 12.0. The lowest BCUT2D eigenvalue weighted by atomic mass is 9.98. The fraction of sp³-hybridized carbons (Fsp3) is 0.200. The summed E-state index contributed by atoms with van der Waals surface area (Å²) in [5.41, 5.74) is 1.07. The minimum Gasteiger partial charge on any atom is -0.495 e. The molecule has 1 N–H and O–H groups in total. The molecule has 0 aliphatic carbocycles. The van der Waals surface area contributed by atoms with Gasteiger partial charge in [-0.1, -0.05) is 62.4 Å². The first-order chi connectivity index (χ1) is 15.8. The zero-order valence-corrected chi connectivity index (χ0v) is 19.6. The van der Waals surface area contributed by atoms with Gasteiger partial charge in [-0.05, 0) is 24.3 Å². The highest BCUT2D eigenvalue weighted by Gasteiger charge is 2.24. The van der Waals surface area contributed by atoms with Gasteiger partial charge in [0, 0.05) is 24.2 Å². The van der Waals surface area contributed by atoms with Gasteiger partial charge in [0.05, 0.1) is 23.3 Å². The van der Waals surface area contributed by atoms with E-state index in [1.165, 1.54) is 29.6 Å². The van der Waals surface area contributed by atoms with Crippen LogP contribution in [0.15, 0.2) is 77.7 Å². The average molecular weight is 467 g/mol. The van der Waals surface area contributed by atoms with E-state index >= 15 is 0 Å². The van der Waals surface area contributed by atoms with Crippen molar-refractivity contribution in [3.8, 4) is 5.75 Å². The topological polar surface area (TPSA) is 92.8 Å². The van der Waals surface area contributed by atoms with Crippen molar-refractivity contribution in [2.24, 2.45) is 0 Å². The standard InChI is InChI=1S/C25H26N2O5S/c1-4-27(5-2)33(30,31)19-15-16-23(32-3)22(17-19)26-25(29)21-14-10-9-13-20(21)24(28)18-11-7-6-8-12-18/h6-17H,4-5H2,1-3H3,(H,26,29). The Balaban J connectivity index is 1.98. The quantitative estimate of drug-likeness (QED) is 0.477. The van der Waals surface area contributed by atoms with Gasteiger partial charge in [-0.2, -0.15) is 4.31 Å². The third-order valence-corrected chi connectivity index (χ3v) is 7.26. The number of carbonyl (C=O) groups is 2. The summed E-state index contributed by atoms with van der Waals surface area (Å²) in [5.74, 6) is -0.537. The molecule has 8 heteroatoms. The zero-order chi connectivity index (χ0) is 24.0. The minimum absolute atomic E-state index is 0.0379. The third kappa shape index (κ3) is 5.13. The van der Waals surface area contributed by atoms with Crippen molar-refractivity contribution in [3.05, 3.63) is 89.5 Å². The second-order valence-electron chi connectivity index (χ2n) is 7.15. The maximum atomic E-state index is 13.2. The lowest BCUT2D eigenvalue weighted by Gasteiger charge is -2.20. The van der Waals surface area contributed by atoms with Crippen molar-refractivity contribution in [1.82, 2.24) is 4.31 Å². The Labute approximate surface area is 194 Å². The number of hydrogen-bond acceptors (Lipinski definition) is 5. The summed E-state index contributed by atoms with van der Waals surface area (Å²) in [5, 5.41) is 2.71. The number of amides is 1. The minimum atomic E-state index is -3.73. The largest absolute Gasteiger partial charge is 0.495 e. The molecule has 0 spiro atoms. The number of rotatable bonds is 9. The van der Waals surface area contributed by atoms with Crippen molar-refractivity contribution >= 4 is 27.4 Å². The highest BCUT2D eigenvalue weighted by molar-refractivity contribution is 7.89. The second kappa shape index (κ2) is 10.4. The van der Waals surface area contributed by atoms with Crippen molar-refractivity contribution in [2.45, 2.75) is 18.7 Å². The Morgan fingerprint density at radius 2 is 1.48 bits per heavy atom. The number of methoxy groups -OCH3 is 1. The van der Waals surface area contributed by atoms with Crippen molar-refractivity contribution in [2.75, 3.05) is 25.5 Å². The number of hydrogen-bond donors (Lipinski definition) is 1. The van der Waals surface area contributed by atoms with E-state index in [2.05, 4.69) is 5.32 Å². The zero-order valence-electron chi connectivity index (χ0n) is 18.7. The summed E-state index contributed by atoms with van der Waals surface area (Å²) in [4.78, 5) is 26.2. The average Bonchev–Trinajstić information content (AvgIpc) is 2.84. The molecule has 0 saturated heterocycles. The van der Waals surface area contributed by atoms with Crippen LogP contribution < -0.4 is 10.1 Å². The lowest BCUT2D eigenvalue weighted by molar-refractivity contribution is 0.0996. The fourth-order valence-corrected chi connectivity index (χ4v) is 4.96. The van der Waals surface area contributed by atoms with Crippen LogP contribution >= 0.6 is 0 Å². The molecule has 3 rings (SSSR count). The number of anilines is 1. The van der Waals surface area contributed by atoms with Crippen molar-refractivity contribution in [3.63, 3.8) is 0 Å². The number of carbonyl (C=O) groups excluding carboxylic acids is 2. The summed E-state index contributed by atoms with van der Waals surface area (Å²) >= 11 is 0. The second-order valence-corrected chi connectivity index (χ2v) is 9.08. The van der Waals surface area contributed by atoms with E-state index in [-0.39, 0.29) is 27.5 Å². The van der Waals surface area contributed by atoms with Crippen molar-refractivity contribution < 1.29 is 22.7 Å². The van der Waals surface area contributed by atoms with E-state index in [0.717, 1.165) is 0 Å². The molecule has 0 fully saturated rings. The Bertz CT molecular complexity index is 1250. The molecule has 0 radical (unpaired) electrons. The SMILES string of the molecule is CCN(CC)S(=O)(=O)c1ccc(OC)c(NC(=O)c2ccccc2C(=O)c2ccccc2)c1. The normalized spacial score (nSPS) is 11.3. The van der Waals surface area contributed by atoms with Crippen LogP contribution in [-0.4, -0.2) is 44.6 Å². The van der Waals surface area contributed by atoms with E-state index in [4.69, 9.17) is 4.74 Å². The van der Waals surface area contributed by atoms with E-state index in [9.17, 15) is 18.0 Å². The molecule has 0 aliphatic heterocycles. The van der Waals surface area contributed by atoms with Gasteiger partial charge in [0.15, 0.2) is 5.78 Å². The Morgan fingerprint density at radius 3 is 2.09 bits per heavy atom. The Morgan fingerprint density at radius 1 is 0.879 bits per heavy atom. The summed E-state index contributed by atoms with van der Waals surface area (Å²) in [6.07, 6.45) is 0. The van der Waals surface area contributed by atoms with Crippen LogP contribution in [0.3, 0.4) is 0 Å². The highest BCUT2D eigenvalue weighted by atomic mass is 32.2. The smallest absolute Gasteiger partial charge is 0.256 e. The van der Waals surface area contributed by atoms with Gasteiger partial charge in [0.25, 0.3) is 5.91 Å². The predicted molar refractivity (Wildman–Crippen MR) is 127 cm³/mol. The van der Waals surface area contributed by atoms with Gasteiger partial charge in [-0.25, -0.2) is 8.42 Å². The number of sulfonamides is 1. The first kappa shape index (κ1) is 24.2. The number of nitrogens with one attached hydrogen (secondary N) is 1. The fourth-order valence-electron chi connectivity index (χ4n) is 3.47. The number of benzene rings is 3. The Hall–Kier alpha value is -3.49. The predicted octanol–water partition coefficient (Wildman–Crippen LogP) is 4.21. The van der Waals surface area contributed by atoms with E-state index in [1.54, 1.807) is 68.4 Å². The summed E-state index contributed by atoms with van der Waals surface area (Å²) in [7, 11) is -2.31. The summed E-state index contributed by atoms with van der Waals surface area (Å²) < 4.78 is 32.5. The van der Waals surface area contributed by atoms with Crippen LogP contribution in [0.4, 0.5) is 5.69 Å². The maximum absolute atomic E-state index is 13.2. The molecule has 0 aromatic heterocycles. The van der Waals surface area contributed by atoms with Crippen LogP contribution in [0.25, 0.3) is 0 Å². The maximum Gasteiger partial charge on any atom is 0.256 e. The van der Waals surface area contributed by atoms with E-state index in [1.807, 2.05) is 0 Å². The molecule has 0 saturated carbocycles. The molecule has 0 heterocycles. The van der Waals surface area contributed by atoms with Crippen LogP contribution in [0.2, 0.25) is 0 Å². The lowest BCUT2D eigenvalue weighted by Crippen LogP contribution is -2.30. The molecule has 0 aliphatic rings. The monoisotopic (exact) mass is 466 g/mol. The van der Waals surface area contributed by atoms with E-state index in [0.29, 0.717) is 24.4 Å². The molecular formula is C25H26N2O5S. The molecule has 0 unspecified atom stereocenters. The number of ether oxygens (including phenoxy) is 1. The molecule has 3 aromatic rings. The van der Waals surface area contributed by atoms with Crippen LogP contribution in [-0.2, 0) is 10.0 Å². The van der Waals surface area contributed by atoms with Gasteiger partial charge in [-0.3, -0.25) is 9.59 Å². The molecule has 3 aromatic carbocycles. The first-order valence-electron chi connectivity index (χ1n) is 10.5. The van der Waals surface area contributed by atoms with Crippen LogP contribution in [0.1, 0.15) is 40.1 Å². The van der Waals surface area contributed by atoms with E-state index < -0.39 is 15.9 Å². The van der Waals surface area contributed by atoms with Gasteiger partial charge in [-0.15, -0.1) is 0 Å². The number of nitrogens with zero attached hydrogens (tertiary/aromatic N) is 1. The number of ketones is 1. The molecule has 0 bridgehead atoms. The molecular weight excluding hydrogens is 440 g/mol. The van der Waals surface area contributed by atoms with Gasteiger partial charge in [0.1, 0.15) is 5.75 Å². The Kier molecular flexibility index (Phi) is 7.63. The highest BCUT2D eigenvalue weighted by Crippen LogP contribution is 2.30. The summed E-state index contributed by atoms with van der Waals surface area (Å²) in [6.45, 7) is 4.16. The van der Waals surface area contributed by atoms with Crippen LogP contribution in [0.5, 0.6) is 5.75 Å². The summed E-state index contributed by atoms with van der Waals surface area (Å²) in [6, 6.07) is 19.5. The van der Waals surface area contributed by atoms with Crippen LogP contribution in [0, 0.1) is 0 Å². The molecule has 7 nitrogen and oxygen atoms in total. The molecule has 172 valence electrons. The van der Waals surface area contributed by atoms with Gasteiger partial charge in [0.2, 0.25) is 10.0 Å². The van der Waals surface area contributed by atoms with Crippen molar-refractivity contribution in [1.29, 1.82) is 0 Å². The molecule has 0 atom stereocenters. The van der Waals surface area contributed by atoms with Gasteiger partial charge < -0.3 is 10.1 Å². The molecule has 33 heavy (non-hydrogen) atoms.